The lowest BCUT2D eigenvalue weighted by Gasteiger charge is -2.14. The average Bonchev–Trinajstić information content (AvgIpc) is 2.94. The molecule has 1 heterocycles. The minimum Gasteiger partial charge on any atom is -0.494 e. The number of hydrogen-bond donors (Lipinski definition) is 1. The van der Waals surface area contributed by atoms with Gasteiger partial charge in [-0.1, -0.05) is 6.07 Å². The predicted octanol–water partition coefficient (Wildman–Crippen LogP) is 2.14. The minimum absolute atomic E-state index is 0.156. The first-order valence-corrected chi connectivity index (χ1v) is 8.59. The van der Waals surface area contributed by atoms with Crippen LogP contribution in [0.2, 0.25) is 0 Å². The number of imide groups is 1. The Morgan fingerprint density at radius 3 is 2.40 bits per heavy atom. The fourth-order valence-electron chi connectivity index (χ4n) is 2.97. The van der Waals surface area contributed by atoms with Crippen LogP contribution in [0.5, 0.6) is 5.75 Å². The maximum atomic E-state index is 12.5. The molecule has 0 aliphatic carbocycles. The van der Waals surface area contributed by atoms with Crippen LogP contribution in [0.4, 0.5) is 17.1 Å². The molecule has 0 bridgehead atoms. The minimum atomic E-state index is -0.987. The molecule has 154 valence electrons. The number of nitro groups is 2. The second kappa shape index (κ2) is 7.95. The largest absolute Gasteiger partial charge is 0.494 e. The van der Waals surface area contributed by atoms with Gasteiger partial charge >= 0.3 is 0 Å². The molecule has 12 nitrogen and oxygen atoms in total. The zero-order valence-corrected chi connectivity index (χ0v) is 15.5. The van der Waals surface area contributed by atoms with E-state index in [4.69, 9.17) is 4.74 Å². The van der Waals surface area contributed by atoms with Crippen molar-refractivity contribution in [1.82, 2.24) is 4.90 Å². The van der Waals surface area contributed by atoms with Gasteiger partial charge in [-0.15, -0.1) is 0 Å². The maximum Gasteiger partial charge on any atom is 0.296 e. The van der Waals surface area contributed by atoms with Gasteiger partial charge in [-0.05, 0) is 25.1 Å². The van der Waals surface area contributed by atoms with E-state index in [9.17, 15) is 34.6 Å². The van der Waals surface area contributed by atoms with Crippen molar-refractivity contribution in [2.75, 3.05) is 18.5 Å². The number of carbonyl (C=O) groups is 3. The number of anilines is 1. The van der Waals surface area contributed by atoms with Gasteiger partial charge in [-0.2, -0.15) is 0 Å². The zero-order chi connectivity index (χ0) is 22.0. The lowest BCUT2D eigenvalue weighted by molar-refractivity contribution is -0.385. The third-order valence-corrected chi connectivity index (χ3v) is 4.23. The molecule has 0 fully saturated rings. The molecule has 1 aliphatic rings. The molecule has 3 amide bonds. The van der Waals surface area contributed by atoms with Crippen LogP contribution in [0, 0.1) is 20.2 Å². The molecule has 30 heavy (non-hydrogen) atoms. The van der Waals surface area contributed by atoms with Crippen molar-refractivity contribution in [3.63, 3.8) is 0 Å². The number of nitrogens with one attached hydrogen (secondary N) is 1. The predicted molar refractivity (Wildman–Crippen MR) is 101 cm³/mol. The number of amides is 3. The van der Waals surface area contributed by atoms with Crippen LogP contribution in [-0.4, -0.2) is 45.6 Å². The summed E-state index contributed by atoms with van der Waals surface area (Å²) in [5.41, 5.74) is -1.72. The fourth-order valence-corrected chi connectivity index (χ4v) is 2.97. The van der Waals surface area contributed by atoms with E-state index in [1.165, 1.54) is 24.3 Å². The van der Waals surface area contributed by atoms with E-state index < -0.39 is 51.1 Å². The molecule has 1 N–H and O–H groups in total. The second-order valence-corrected chi connectivity index (χ2v) is 6.07. The van der Waals surface area contributed by atoms with Crippen LogP contribution in [0.3, 0.4) is 0 Å². The van der Waals surface area contributed by atoms with E-state index >= 15 is 0 Å². The first kappa shape index (κ1) is 20.4. The summed E-state index contributed by atoms with van der Waals surface area (Å²) in [4.78, 5) is 58.8. The summed E-state index contributed by atoms with van der Waals surface area (Å²) in [6, 6.07) is 7.39. The van der Waals surface area contributed by atoms with Crippen molar-refractivity contribution in [3.8, 4) is 5.75 Å². The van der Waals surface area contributed by atoms with Gasteiger partial charge in [0, 0.05) is 6.07 Å². The molecular weight excluding hydrogens is 400 g/mol. The standard InChI is InChI=1S/C18H14N4O8/c1-2-30-10-6-7-12(14(8-10)22(28)29)19-15(23)9-20-17(24)11-4-3-5-13(21(26)27)16(11)18(20)25/h3-8H,2,9H2,1H3,(H,19,23). The van der Waals surface area contributed by atoms with E-state index in [2.05, 4.69) is 5.32 Å². The van der Waals surface area contributed by atoms with Gasteiger partial charge in [0.2, 0.25) is 5.91 Å². The zero-order valence-electron chi connectivity index (χ0n) is 15.5. The van der Waals surface area contributed by atoms with Crippen molar-refractivity contribution in [2.24, 2.45) is 0 Å². The highest BCUT2D eigenvalue weighted by molar-refractivity contribution is 6.24. The van der Waals surface area contributed by atoms with E-state index in [1.54, 1.807) is 6.92 Å². The molecule has 0 saturated heterocycles. The number of hydrogen-bond acceptors (Lipinski definition) is 8. The van der Waals surface area contributed by atoms with Crippen LogP contribution in [0.1, 0.15) is 27.6 Å². The van der Waals surface area contributed by atoms with Crippen LogP contribution in [-0.2, 0) is 4.79 Å². The van der Waals surface area contributed by atoms with Crippen LogP contribution >= 0.6 is 0 Å². The summed E-state index contributed by atoms with van der Waals surface area (Å²) in [6.07, 6.45) is 0. The molecule has 0 unspecified atom stereocenters. The normalized spacial score (nSPS) is 12.5. The molecule has 0 atom stereocenters. The molecule has 0 saturated carbocycles. The Morgan fingerprint density at radius 1 is 1.07 bits per heavy atom. The molecule has 0 radical (unpaired) electrons. The highest BCUT2D eigenvalue weighted by Crippen LogP contribution is 2.31. The highest BCUT2D eigenvalue weighted by atomic mass is 16.6. The lowest BCUT2D eigenvalue weighted by Crippen LogP contribution is -2.37. The summed E-state index contributed by atoms with van der Waals surface area (Å²) in [6.45, 7) is 1.22. The van der Waals surface area contributed by atoms with Gasteiger partial charge in [0.15, 0.2) is 0 Å². The summed E-state index contributed by atoms with van der Waals surface area (Å²) in [5, 5.41) is 24.7. The summed E-state index contributed by atoms with van der Waals surface area (Å²) in [7, 11) is 0. The van der Waals surface area contributed by atoms with Crippen LogP contribution < -0.4 is 10.1 Å². The first-order chi connectivity index (χ1) is 14.2. The molecule has 3 rings (SSSR count). The summed E-state index contributed by atoms with van der Waals surface area (Å²) in [5.74, 6) is -2.51. The van der Waals surface area contributed by atoms with Crippen molar-refractivity contribution in [3.05, 3.63) is 67.8 Å². The Kier molecular flexibility index (Phi) is 5.40. The van der Waals surface area contributed by atoms with Gasteiger partial charge in [-0.25, -0.2) is 0 Å². The molecular formula is C18H14N4O8. The molecule has 0 aromatic heterocycles. The number of ether oxygens (including phenoxy) is 1. The number of fused-ring (bicyclic) bond motifs is 1. The fraction of sp³-hybridized carbons (Fsp3) is 0.167. The summed E-state index contributed by atoms with van der Waals surface area (Å²) >= 11 is 0. The molecule has 0 spiro atoms. The molecule has 1 aliphatic heterocycles. The van der Waals surface area contributed by atoms with Gasteiger partial charge in [0.1, 0.15) is 23.5 Å². The second-order valence-electron chi connectivity index (χ2n) is 6.07. The van der Waals surface area contributed by atoms with Gasteiger partial charge in [0.25, 0.3) is 23.2 Å². The average molecular weight is 414 g/mol. The SMILES string of the molecule is CCOc1ccc(NC(=O)CN2C(=O)c3cccc([N+](=O)[O-])c3C2=O)c([N+](=O)[O-])c1. The van der Waals surface area contributed by atoms with Gasteiger partial charge < -0.3 is 10.1 Å². The van der Waals surface area contributed by atoms with Crippen LogP contribution in [0.25, 0.3) is 0 Å². The van der Waals surface area contributed by atoms with E-state index in [-0.39, 0.29) is 23.6 Å². The van der Waals surface area contributed by atoms with Crippen molar-refractivity contribution >= 4 is 34.8 Å². The Hall–Kier alpha value is -4.35. The van der Waals surface area contributed by atoms with Crippen LogP contribution in [0.15, 0.2) is 36.4 Å². The molecule has 2 aromatic rings. The smallest absolute Gasteiger partial charge is 0.296 e. The first-order valence-electron chi connectivity index (χ1n) is 8.59. The number of nitrogens with zero attached hydrogens (tertiary/aromatic N) is 3. The number of carbonyl (C=O) groups excluding carboxylic acids is 3. The third-order valence-electron chi connectivity index (χ3n) is 4.23. The summed E-state index contributed by atoms with van der Waals surface area (Å²) < 4.78 is 5.19. The van der Waals surface area contributed by atoms with Crippen molar-refractivity contribution in [2.45, 2.75) is 6.92 Å². The Balaban J connectivity index is 1.82. The maximum absolute atomic E-state index is 12.5. The van der Waals surface area contributed by atoms with Gasteiger partial charge in [-0.3, -0.25) is 39.5 Å². The van der Waals surface area contributed by atoms with E-state index in [0.717, 1.165) is 12.1 Å². The number of nitro benzene ring substituents is 2. The lowest BCUT2D eigenvalue weighted by atomic mass is 10.1. The van der Waals surface area contributed by atoms with Crippen molar-refractivity contribution in [1.29, 1.82) is 0 Å². The molecule has 2 aromatic carbocycles. The number of rotatable bonds is 7. The Morgan fingerprint density at radius 2 is 1.77 bits per heavy atom. The number of benzene rings is 2. The van der Waals surface area contributed by atoms with E-state index in [0.29, 0.717) is 4.90 Å². The third kappa shape index (κ3) is 3.65. The quantitative estimate of drug-likeness (QED) is 0.409. The molecule has 12 heteroatoms. The monoisotopic (exact) mass is 414 g/mol. The Bertz CT molecular complexity index is 1100. The topological polar surface area (TPSA) is 162 Å². The van der Waals surface area contributed by atoms with Gasteiger partial charge in [0.05, 0.1) is 28.1 Å². The Labute approximate surface area is 168 Å². The van der Waals surface area contributed by atoms with E-state index in [1.807, 2.05) is 0 Å². The highest BCUT2D eigenvalue weighted by Gasteiger charge is 2.41. The van der Waals surface area contributed by atoms with Crippen molar-refractivity contribution < 1.29 is 29.0 Å².